The second kappa shape index (κ2) is 7.72. The molecule has 1 aliphatic heterocycles. The summed E-state index contributed by atoms with van der Waals surface area (Å²) in [5, 5.41) is 7.80. The normalized spacial score (nSPS) is 14.9. The number of rotatable bonds is 2. The Labute approximate surface area is 222 Å². The van der Waals surface area contributed by atoms with Crippen LogP contribution >= 0.6 is 0 Å². The van der Waals surface area contributed by atoms with Crippen molar-refractivity contribution in [2.45, 2.75) is 26.9 Å². The van der Waals surface area contributed by atoms with Crippen LogP contribution in [0.1, 0.15) is 29.2 Å². The van der Waals surface area contributed by atoms with Gasteiger partial charge in [0.25, 0.3) is 11.4 Å². The third kappa shape index (κ3) is 2.72. The van der Waals surface area contributed by atoms with Gasteiger partial charge in [0.2, 0.25) is 11.4 Å². The molecule has 0 spiro atoms. The highest BCUT2D eigenvalue weighted by molar-refractivity contribution is 6.58. The minimum Gasteiger partial charge on any atom is -0.123 e. The Morgan fingerprint density at radius 1 is 0.474 bits per heavy atom. The van der Waals surface area contributed by atoms with Gasteiger partial charge in [-0.2, -0.15) is 0 Å². The first-order valence-corrected chi connectivity index (χ1v) is 13.5. The van der Waals surface area contributed by atoms with E-state index >= 15 is 0 Å². The maximum Gasteiger partial charge on any atom is 0.351 e. The molecular weight excluding hydrogens is 460 g/mol. The molecule has 6 aromatic rings. The zero-order valence-corrected chi connectivity index (χ0v) is 21.9. The number of nitrogens with zero attached hydrogens (tertiary/aromatic N) is 2. The van der Waals surface area contributed by atoms with Crippen LogP contribution in [0.25, 0.3) is 32.3 Å². The standard InChI is InChI=1S/C36H28N2/c1-22-18-20-25-10-4-6-14-28(25)33(22)37-24(3)38(34-23(2)19-21-26-11-5-7-15-29(26)34)36-31-17-9-13-27-12-8-16-30(32(27)31)35(36)37/h4-21,24H,1-3H3/q+2. The number of hydrogen-bond acceptors (Lipinski definition) is 0. The molecule has 0 bridgehead atoms. The largest absolute Gasteiger partial charge is 0.351 e. The number of hydrogen-bond donors (Lipinski definition) is 0. The van der Waals surface area contributed by atoms with E-state index in [1.165, 1.54) is 77.4 Å². The van der Waals surface area contributed by atoms with Gasteiger partial charge in [0.1, 0.15) is 0 Å². The van der Waals surface area contributed by atoms with E-state index in [-0.39, 0.29) is 6.17 Å². The average molecular weight is 489 g/mol. The Bertz CT molecular complexity index is 1910. The molecule has 1 heterocycles. The van der Waals surface area contributed by atoms with Crippen LogP contribution in [-0.2, 0) is 0 Å². The minimum absolute atomic E-state index is 0.0950. The van der Waals surface area contributed by atoms with Gasteiger partial charge in [-0.05, 0) is 54.3 Å². The molecule has 0 fully saturated rings. The molecule has 2 nitrogen and oxygen atoms in total. The van der Waals surface area contributed by atoms with Gasteiger partial charge in [-0.1, -0.05) is 84.9 Å². The quantitative estimate of drug-likeness (QED) is 0.216. The van der Waals surface area contributed by atoms with Crippen molar-refractivity contribution in [2.24, 2.45) is 0 Å². The van der Waals surface area contributed by atoms with Crippen LogP contribution in [0.15, 0.2) is 109 Å². The molecule has 0 radical (unpaired) electrons. The van der Waals surface area contributed by atoms with Crippen molar-refractivity contribution in [3.05, 3.63) is 131 Å². The lowest BCUT2D eigenvalue weighted by Crippen LogP contribution is -2.27. The van der Waals surface area contributed by atoms with E-state index in [0.29, 0.717) is 0 Å². The van der Waals surface area contributed by atoms with Gasteiger partial charge in [-0.3, -0.25) is 0 Å². The summed E-state index contributed by atoms with van der Waals surface area (Å²) in [5.74, 6) is 0. The van der Waals surface area contributed by atoms with E-state index in [1.807, 2.05) is 0 Å². The van der Waals surface area contributed by atoms with Crippen molar-refractivity contribution in [2.75, 3.05) is 0 Å². The maximum atomic E-state index is 2.61. The number of aryl methyl sites for hydroxylation is 2. The highest BCUT2D eigenvalue weighted by atomic mass is 15.3. The zero-order chi connectivity index (χ0) is 25.5. The van der Waals surface area contributed by atoms with Crippen LogP contribution in [0, 0.1) is 13.8 Å². The minimum atomic E-state index is 0.0950. The zero-order valence-electron chi connectivity index (χ0n) is 21.9. The van der Waals surface area contributed by atoms with Crippen molar-refractivity contribution >= 4 is 55.1 Å². The number of fused-ring (bicyclic) bond motifs is 5. The topological polar surface area (TPSA) is 6.02 Å². The lowest BCUT2D eigenvalue weighted by atomic mass is 10.0. The van der Waals surface area contributed by atoms with Gasteiger partial charge in [0.05, 0.1) is 28.8 Å². The molecule has 0 atom stereocenters. The van der Waals surface area contributed by atoms with Gasteiger partial charge in [0, 0.05) is 16.5 Å². The van der Waals surface area contributed by atoms with E-state index in [1.54, 1.807) is 0 Å². The molecule has 180 valence electrons. The molecule has 6 aromatic carbocycles. The first-order chi connectivity index (χ1) is 18.6. The number of benzene rings is 6. The summed E-state index contributed by atoms with van der Waals surface area (Å²) in [5.41, 5.74) is 10.5. The molecule has 2 heteroatoms. The van der Waals surface area contributed by atoms with E-state index in [2.05, 4.69) is 139 Å². The summed E-state index contributed by atoms with van der Waals surface area (Å²) in [6.07, 6.45) is 0.0950. The highest BCUT2D eigenvalue weighted by Crippen LogP contribution is 2.43. The SMILES string of the molecule is Cc1ccc2ccccc2c1[N+]1=C2C(=[N+](c3c(C)ccc4ccccc34)C1C)c1cccc3cccc2c13. The van der Waals surface area contributed by atoms with Gasteiger partial charge in [-0.25, -0.2) is 0 Å². The second-order valence-electron chi connectivity index (χ2n) is 10.7. The van der Waals surface area contributed by atoms with Crippen molar-refractivity contribution in [3.8, 4) is 0 Å². The Hall–Kier alpha value is -4.56. The van der Waals surface area contributed by atoms with Gasteiger partial charge >= 0.3 is 6.17 Å². The molecule has 2 aliphatic rings. The fraction of sp³-hybridized carbons (Fsp3) is 0.111. The van der Waals surface area contributed by atoms with Crippen LogP contribution in [0.5, 0.6) is 0 Å². The van der Waals surface area contributed by atoms with Gasteiger partial charge in [-0.15, -0.1) is 9.15 Å². The summed E-state index contributed by atoms with van der Waals surface area (Å²) in [7, 11) is 0. The first-order valence-electron chi connectivity index (χ1n) is 13.5. The Balaban J connectivity index is 1.56. The molecule has 1 aliphatic carbocycles. The molecule has 8 rings (SSSR count). The summed E-state index contributed by atoms with van der Waals surface area (Å²) in [6, 6.07) is 40.2. The smallest absolute Gasteiger partial charge is 0.123 e. The molecule has 0 saturated carbocycles. The van der Waals surface area contributed by atoms with Gasteiger partial charge in [0.15, 0.2) is 0 Å². The molecule has 0 amide bonds. The van der Waals surface area contributed by atoms with Crippen molar-refractivity contribution < 1.29 is 9.15 Å². The fourth-order valence-electron chi connectivity index (χ4n) is 6.93. The lowest BCUT2D eigenvalue weighted by molar-refractivity contribution is -0.686. The fourth-order valence-corrected chi connectivity index (χ4v) is 6.93. The van der Waals surface area contributed by atoms with Crippen LogP contribution < -0.4 is 0 Å². The van der Waals surface area contributed by atoms with Crippen LogP contribution in [-0.4, -0.2) is 26.7 Å². The van der Waals surface area contributed by atoms with Crippen LogP contribution in [0.2, 0.25) is 0 Å². The third-order valence-electron chi connectivity index (χ3n) is 8.55. The Morgan fingerprint density at radius 2 is 0.921 bits per heavy atom. The van der Waals surface area contributed by atoms with Crippen molar-refractivity contribution in [3.63, 3.8) is 0 Å². The summed E-state index contributed by atoms with van der Waals surface area (Å²) in [6.45, 7) is 6.87. The maximum absolute atomic E-state index is 2.61. The van der Waals surface area contributed by atoms with Gasteiger partial charge < -0.3 is 0 Å². The van der Waals surface area contributed by atoms with Crippen molar-refractivity contribution in [1.82, 2.24) is 0 Å². The first kappa shape index (κ1) is 21.5. The van der Waals surface area contributed by atoms with E-state index in [9.17, 15) is 0 Å². The second-order valence-corrected chi connectivity index (χ2v) is 10.7. The van der Waals surface area contributed by atoms with E-state index in [0.717, 1.165) is 0 Å². The monoisotopic (exact) mass is 488 g/mol. The molecule has 0 aromatic heterocycles. The Morgan fingerprint density at radius 3 is 1.42 bits per heavy atom. The highest BCUT2D eigenvalue weighted by Gasteiger charge is 2.54. The molecule has 0 N–H and O–H groups in total. The molecule has 0 unspecified atom stereocenters. The van der Waals surface area contributed by atoms with E-state index < -0.39 is 0 Å². The van der Waals surface area contributed by atoms with E-state index in [4.69, 9.17) is 0 Å². The lowest BCUT2D eigenvalue weighted by Gasteiger charge is -2.13. The van der Waals surface area contributed by atoms with Crippen molar-refractivity contribution in [1.29, 1.82) is 0 Å². The predicted molar refractivity (Wildman–Crippen MR) is 159 cm³/mol. The van der Waals surface area contributed by atoms with Crippen LogP contribution in [0.4, 0.5) is 11.4 Å². The summed E-state index contributed by atoms with van der Waals surface area (Å²) in [4.78, 5) is 0. The summed E-state index contributed by atoms with van der Waals surface area (Å²) < 4.78 is 5.23. The Kier molecular flexibility index (Phi) is 4.37. The molecule has 38 heavy (non-hydrogen) atoms. The average Bonchev–Trinajstić information content (AvgIpc) is 3.42. The molecular formula is C36H28N2+2. The summed E-state index contributed by atoms with van der Waals surface area (Å²) >= 11 is 0. The predicted octanol–water partition coefficient (Wildman–Crippen LogP) is 8.40. The van der Waals surface area contributed by atoms with Crippen LogP contribution in [0.3, 0.4) is 0 Å². The third-order valence-corrected chi connectivity index (χ3v) is 8.55. The molecule has 0 saturated heterocycles.